The van der Waals surface area contributed by atoms with Gasteiger partial charge in [-0.15, -0.1) is 0 Å². The molecule has 0 saturated carbocycles. The van der Waals surface area contributed by atoms with Crippen LogP contribution in [0.25, 0.3) is 0 Å². The predicted molar refractivity (Wildman–Crippen MR) is 140 cm³/mol. The maximum Gasteiger partial charge on any atom is 0.0328 e. The fraction of sp³-hybridized carbons (Fsp3) is 0.143. The van der Waals surface area contributed by atoms with Crippen LogP contribution in [0.3, 0.4) is 0 Å². The predicted octanol–water partition coefficient (Wildman–Crippen LogP) is 5.53. The van der Waals surface area contributed by atoms with E-state index in [9.17, 15) is 0 Å². The Balaban J connectivity index is 1.65. The highest BCUT2D eigenvalue weighted by molar-refractivity contribution is 7.74. The van der Waals surface area contributed by atoms with Crippen LogP contribution in [0.15, 0.2) is 121 Å². The first-order valence-electron chi connectivity index (χ1n) is 10.8. The van der Waals surface area contributed by atoms with E-state index >= 15 is 0 Å². The quantitative estimate of drug-likeness (QED) is 0.355. The summed E-state index contributed by atoms with van der Waals surface area (Å²) in [7, 11) is -1.02. The average molecular weight is 441 g/mol. The van der Waals surface area contributed by atoms with Gasteiger partial charge in [0, 0.05) is 11.6 Å². The fourth-order valence-corrected chi connectivity index (χ4v) is 9.27. The highest BCUT2D eigenvalue weighted by Crippen LogP contribution is 2.42. The standard InChI is InChI=1S/C28H29NP2/c1-23(30(25-15-7-3-8-16-25)26-17-9-4-10-18-26)29-24(2)31(27-19-11-5-12-20-27)28-21-13-6-14-22-28/h3-24,29H,1-2H3. The maximum atomic E-state index is 4.03. The molecular formula is C28H29NP2. The van der Waals surface area contributed by atoms with E-state index in [2.05, 4.69) is 140 Å². The molecule has 0 aliphatic carbocycles. The van der Waals surface area contributed by atoms with E-state index in [0.717, 1.165) is 0 Å². The molecule has 0 spiro atoms. The fourth-order valence-electron chi connectivity index (χ4n) is 4.05. The van der Waals surface area contributed by atoms with Crippen molar-refractivity contribution in [1.29, 1.82) is 0 Å². The van der Waals surface area contributed by atoms with Crippen LogP contribution in [0.1, 0.15) is 13.8 Å². The van der Waals surface area contributed by atoms with Crippen molar-refractivity contribution in [2.45, 2.75) is 25.4 Å². The van der Waals surface area contributed by atoms with Crippen molar-refractivity contribution in [2.75, 3.05) is 0 Å². The lowest BCUT2D eigenvalue weighted by Crippen LogP contribution is -2.39. The van der Waals surface area contributed by atoms with Crippen LogP contribution in [0.4, 0.5) is 0 Å². The number of hydrogen-bond acceptors (Lipinski definition) is 1. The third kappa shape index (κ3) is 5.50. The van der Waals surface area contributed by atoms with E-state index in [4.69, 9.17) is 0 Å². The first-order valence-corrected chi connectivity index (χ1v) is 13.6. The van der Waals surface area contributed by atoms with Gasteiger partial charge in [0.1, 0.15) is 0 Å². The van der Waals surface area contributed by atoms with Crippen molar-refractivity contribution in [3.63, 3.8) is 0 Å². The van der Waals surface area contributed by atoms with Crippen molar-refractivity contribution >= 4 is 37.1 Å². The molecule has 1 nitrogen and oxygen atoms in total. The van der Waals surface area contributed by atoms with Gasteiger partial charge in [0.25, 0.3) is 0 Å². The van der Waals surface area contributed by atoms with Crippen LogP contribution in [0.2, 0.25) is 0 Å². The Bertz CT molecular complexity index is 873. The summed E-state index contributed by atoms with van der Waals surface area (Å²) in [6.07, 6.45) is 0. The van der Waals surface area contributed by atoms with E-state index in [1.807, 2.05) is 0 Å². The molecule has 2 unspecified atom stereocenters. The molecule has 0 radical (unpaired) electrons. The first kappa shape index (κ1) is 21.9. The first-order chi connectivity index (χ1) is 15.2. The molecule has 0 aliphatic heterocycles. The lowest BCUT2D eigenvalue weighted by atomic mass is 10.4. The SMILES string of the molecule is CC(NC(C)P(c1ccccc1)c1ccccc1)P(c1ccccc1)c1ccccc1. The summed E-state index contributed by atoms with van der Waals surface area (Å²) in [5.74, 6) is 0.708. The molecule has 1 N–H and O–H groups in total. The Hall–Kier alpha value is -2.30. The van der Waals surface area contributed by atoms with Crippen LogP contribution >= 0.6 is 15.8 Å². The van der Waals surface area contributed by atoms with E-state index < -0.39 is 15.8 Å². The van der Waals surface area contributed by atoms with E-state index in [1.165, 1.54) is 21.2 Å². The van der Waals surface area contributed by atoms with Crippen LogP contribution in [-0.2, 0) is 0 Å². The highest BCUT2D eigenvalue weighted by Gasteiger charge is 2.26. The van der Waals surface area contributed by atoms with E-state index in [-0.39, 0.29) is 0 Å². The van der Waals surface area contributed by atoms with Crippen LogP contribution in [0, 0.1) is 0 Å². The van der Waals surface area contributed by atoms with Crippen LogP contribution < -0.4 is 26.5 Å². The lowest BCUT2D eigenvalue weighted by molar-refractivity contribution is 0.673. The van der Waals surface area contributed by atoms with Gasteiger partial charge in [-0.05, 0) is 50.9 Å². The summed E-state index contributed by atoms with van der Waals surface area (Å²) in [6, 6.07) is 43.9. The number of nitrogens with one attached hydrogen (secondary N) is 1. The molecule has 0 bridgehead atoms. The molecule has 0 aromatic heterocycles. The van der Waals surface area contributed by atoms with Gasteiger partial charge < -0.3 is 5.32 Å². The van der Waals surface area contributed by atoms with Crippen molar-refractivity contribution in [3.05, 3.63) is 121 Å². The van der Waals surface area contributed by atoms with Crippen LogP contribution in [0.5, 0.6) is 0 Å². The highest BCUT2D eigenvalue weighted by atomic mass is 31.1. The molecule has 0 fully saturated rings. The van der Waals surface area contributed by atoms with Gasteiger partial charge in [-0.25, -0.2) is 0 Å². The molecule has 4 aromatic rings. The van der Waals surface area contributed by atoms with Crippen molar-refractivity contribution in [3.8, 4) is 0 Å². The largest absolute Gasteiger partial charge is 0.303 e. The monoisotopic (exact) mass is 441 g/mol. The minimum absolute atomic E-state index is 0.354. The molecule has 156 valence electrons. The van der Waals surface area contributed by atoms with Crippen molar-refractivity contribution in [1.82, 2.24) is 5.32 Å². The zero-order valence-corrected chi connectivity index (χ0v) is 19.9. The minimum Gasteiger partial charge on any atom is -0.303 e. The Morgan fingerprint density at radius 1 is 0.419 bits per heavy atom. The Morgan fingerprint density at radius 3 is 0.871 bits per heavy atom. The zero-order valence-electron chi connectivity index (χ0n) is 18.1. The van der Waals surface area contributed by atoms with Crippen molar-refractivity contribution in [2.24, 2.45) is 0 Å². The number of benzene rings is 4. The molecular weight excluding hydrogens is 412 g/mol. The molecule has 3 heteroatoms. The smallest absolute Gasteiger partial charge is 0.0328 e. The zero-order chi connectivity index (χ0) is 21.5. The number of rotatable bonds is 8. The normalized spacial score (nSPS) is 13.3. The summed E-state index contributed by atoms with van der Waals surface area (Å²) < 4.78 is 0. The summed E-state index contributed by atoms with van der Waals surface area (Å²) in [4.78, 5) is 0. The third-order valence-electron chi connectivity index (χ3n) is 5.39. The Labute approximate surface area is 189 Å². The van der Waals surface area contributed by atoms with Gasteiger partial charge in [0.2, 0.25) is 0 Å². The minimum atomic E-state index is -0.508. The molecule has 0 amide bonds. The maximum absolute atomic E-state index is 4.03. The summed E-state index contributed by atoms with van der Waals surface area (Å²) in [6.45, 7) is 4.71. The summed E-state index contributed by atoms with van der Waals surface area (Å²) in [5.41, 5.74) is 0. The topological polar surface area (TPSA) is 12.0 Å². The van der Waals surface area contributed by atoms with Gasteiger partial charge in [-0.3, -0.25) is 0 Å². The Morgan fingerprint density at radius 2 is 0.645 bits per heavy atom. The molecule has 4 aromatic carbocycles. The van der Waals surface area contributed by atoms with E-state index in [1.54, 1.807) is 0 Å². The van der Waals surface area contributed by atoms with Gasteiger partial charge in [-0.1, -0.05) is 121 Å². The summed E-state index contributed by atoms with van der Waals surface area (Å²) >= 11 is 0. The average Bonchev–Trinajstić information content (AvgIpc) is 2.82. The molecule has 2 atom stereocenters. The molecule has 4 rings (SSSR count). The molecule has 31 heavy (non-hydrogen) atoms. The molecule has 0 aliphatic rings. The number of hydrogen-bond donors (Lipinski definition) is 1. The lowest BCUT2D eigenvalue weighted by Gasteiger charge is -2.33. The van der Waals surface area contributed by atoms with Gasteiger partial charge in [0.05, 0.1) is 0 Å². The van der Waals surface area contributed by atoms with Gasteiger partial charge >= 0.3 is 0 Å². The van der Waals surface area contributed by atoms with Crippen LogP contribution in [-0.4, -0.2) is 11.6 Å². The van der Waals surface area contributed by atoms with Gasteiger partial charge in [0.15, 0.2) is 0 Å². The molecule has 0 heterocycles. The van der Waals surface area contributed by atoms with Gasteiger partial charge in [-0.2, -0.15) is 0 Å². The van der Waals surface area contributed by atoms with Crippen molar-refractivity contribution < 1.29 is 0 Å². The second-order valence-electron chi connectivity index (χ2n) is 7.60. The van der Waals surface area contributed by atoms with E-state index in [0.29, 0.717) is 11.6 Å². The Kier molecular flexibility index (Phi) is 7.66. The molecule has 0 saturated heterocycles. The third-order valence-corrected chi connectivity index (χ3v) is 10.7. The second kappa shape index (κ2) is 10.8. The summed E-state index contributed by atoms with van der Waals surface area (Å²) in [5, 5.41) is 9.70. The second-order valence-corrected chi connectivity index (χ2v) is 12.7.